The van der Waals surface area contributed by atoms with Gasteiger partial charge in [0.2, 0.25) is 5.82 Å². The zero-order valence-electron chi connectivity index (χ0n) is 11.3. The first-order valence-electron chi connectivity index (χ1n) is 6.24. The van der Waals surface area contributed by atoms with Crippen molar-refractivity contribution in [1.29, 1.82) is 0 Å². The van der Waals surface area contributed by atoms with E-state index in [0.717, 1.165) is 6.42 Å². The van der Waals surface area contributed by atoms with Crippen molar-refractivity contribution in [1.82, 2.24) is 9.97 Å². The molecule has 1 rings (SSSR count). The maximum absolute atomic E-state index is 12.6. The van der Waals surface area contributed by atoms with Gasteiger partial charge in [-0.1, -0.05) is 20.3 Å². The topological polar surface area (TPSA) is 55.0 Å². The number of rotatable bonds is 5. The van der Waals surface area contributed by atoms with Crippen molar-refractivity contribution >= 4 is 11.6 Å². The number of anilines is 2. The highest BCUT2D eigenvalue weighted by Crippen LogP contribution is 2.28. The first-order chi connectivity index (χ1) is 8.77. The predicted octanol–water partition coefficient (Wildman–Crippen LogP) is 2.95. The zero-order chi connectivity index (χ0) is 14.6. The SMILES string of the molecule is CCC(C)CN(CC)c1cc(N)nc(C(F)(F)F)n1. The molecule has 0 bridgehead atoms. The van der Waals surface area contributed by atoms with Gasteiger partial charge in [0, 0.05) is 19.2 Å². The van der Waals surface area contributed by atoms with E-state index in [1.807, 2.05) is 20.8 Å². The molecule has 1 aromatic heterocycles. The second-order valence-electron chi connectivity index (χ2n) is 4.52. The van der Waals surface area contributed by atoms with Crippen LogP contribution in [0.4, 0.5) is 24.8 Å². The van der Waals surface area contributed by atoms with E-state index in [-0.39, 0.29) is 11.6 Å². The summed E-state index contributed by atoms with van der Waals surface area (Å²) >= 11 is 0. The highest BCUT2D eigenvalue weighted by atomic mass is 19.4. The summed E-state index contributed by atoms with van der Waals surface area (Å²) in [5, 5.41) is 0. The lowest BCUT2D eigenvalue weighted by atomic mass is 10.1. The van der Waals surface area contributed by atoms with Crippen LogP contribution in [0.1, 0.15) is 33.0 Å². The van der Waals surface area contributed by atoms with Crippen LogP contribution in [0.15, 0.2) is 6.07 Å². The van der Waals surface area contributed by atoms with Gasteiger partial charge in [-0.3, -0.25) is 0 Å². The van der Waals surface area contributed by atoms with Gasteiger partial charge in [0.1, 0.15) is 11.6 Å². The van der Waals surface area contributed by atoms with Gasteiger partial charge in [-0.05, 0) is 12.8 Å². The van der Waals surface area contributed by atoms with Gasteiger partial charge in [-0.15, -0.1) is 0 Å². The Hall–Kier alpha value is -1.53. The molecule has 0 saturated heterocycles. The molecule has 0 spiro atoms. The number of alkyl halides is 3. The van der Waals surface area contributed by atoms with Crippen LogP contribution in [0, 0.1) is 5.92 Å². The van der Waals surface area contributed by atoms with Gasteiger partial charge in [0.15, 0.2) is 0 Å². The third-order valence-corrected chi connectivity index (χ3v) is 2.92. The Balaban J connectivity index is 3.07. The third kappa shape index (κ3) is 4.25. The molecule has 0 aliphatic carbocycles. The molecular weight excluding hydrogens is 257 g/mol. The molecule has 1 heterocycles. The largest absolute Gasteiger partial charge is 0.451 e. The zero-order valence-corrected chi connectivity index (χ0v) is 11.3. The Morgan fingerprint density at radius 3 is 2.42 bits per heavy atom. The van der Waals surface area contributed by atoms with Crippen molar-refractivity contribution < 1.29 is 13.2 Å². The Bertz CT molecular complexity index is 420. The van der Waals surface area contributed by atoms with Gasteiger partial charge in [0.05, 0.1) is 0 Å². The van der Waals surface area contributed by atoms with Crippen molar-refractivity contribution in [3.8, 4) is 0 Å². The van der Waals surface area contributed by atoms with Crippen molar-refractivity contribution in [2.75, 3.05) is 23.7 Å². The molecule has 0 aliphatic heterocycles. The summed E-state index contributed by atoms with van der Waals surface area (Å²) in [6.45, 7) is 7.15. The van der Waals surface area contributed by atoms with E-state index in [4.69, 9.17) is 5.73 Å². The van der Waals surface area contributed by atoms with Crippen LogP contribution in [0.2, 0.25) is 0 Å². The van der Waals surface area contributed by atoms with Crippen molar-refractivity contribution in [2.24, 2.45) is 5.92 Å². The summed E-state index contributed by atoms with van der Waals surface area (Å²) in [7, 11) is 0. The maximum atomic E-state index is 12.6. The molecule has 7 heteroatoms. The average molecular weight is 276 g/mol. The van der Waals surface area contributed by atoms with E-state index in [1.54, 1.807) is 4.90 Å². The normalized spacial score (nSPS) is 13.4. The smallest absolute Gasteiger partial charge is 0.384 e. The summed E-state index contributed by atoms with van der Waals surface area (Å²) < 4.78 is 37.9. The Morgan fingerprint density at radius 1 is 1.32 bits per heavy atom. The van der Waals surface area contributed by atoms with Crippen LogP contribution in [-0.4, -0.2) is 23.1 Å². The average Bonchev–Trinajstić information content (AvgIpc) is 2.33. The standard InChI is InChI=1S/C12H19F3N4/c1-4-8(3)7-19(5-2)10-6-9(16)17-11(18-10)12(13,14)15/h6,8H,4-5,7H2,1-3H3,(H2,16,17,18). The van der Waals surface area contributed by atoms with Gasteiger partial charge in [-0.2, -0.15) is 13.2 Å². The fourth-order valence-corrected chi connectivity index (χ4v) is 1.63. The lowest BCUT2D eigenvalue weighted by Crippen LogP contribution is -2.30. The second kappa shape index (κ2) is 6.08. The van der Waals surface area contributed by atoms with Gasteiger partial charge >= 0.3 is 6.18 Å². The highest BCUT2D eigenvalue weighted by molar-refractivity contribution is 5.47. The molecule has 1 atom stereocenters. The molecule has 1 unspecified atom stereocenters. The summed E-state index contributed by atoms with van der Waals surface area (Å²) in [4.78, 5) is 8.59. The third-order valence-electron chi connectivity index (χ3n) is 2.92. The molecule has 0 aliphatic rings. The van der Waals surface area contributed by atoms with Crippen molar-refractivity contribution in [2.45, 2.75) is 33.4 Å². The Labute approximate surface area is 110 Å². The number of hydrogen-bond acceptors (Lipinski definition) is 4. The maximum Gasteiger partial charge on any atom is 0.451 e. The van der Waals surface area contributed by atoms with Crippen LogP contribution in [0.25, 0.3) is 0 Å². The van der Waals surface area contributed by atoms with Crippen LogP contribution in [0.3, 0.4) is 0 Å². The summed E-state index contributed by atoms with van der Waals surface area (Å²) in [5.41, 5.74) is 5.43. The second-order valence-corrected chi connectivity index (χ2v) is 4.52. The molecular formula is C12H19F3N4. The van der Waals surface area contributed by atoms with Crippen molar-refractivity contribution in [3.05, 3.63) is 11.9 Å². The number of nitrogen functional groups attached to an aromatic ring is 1. The first kappa shape index (κ1) is 15.5. The minimum atomic E-state index is -4.58. The molecule has 4 nitrogen and oxygen atoms in total. The summed E-state index contributed by atoms with van der Waals surface area (Å²) in [5.74, 6) is -0.766. The lowest BCUT2D eigenvalue weighted by molar-refractivity contribution is -0.144. The lowest BCUT2D eigenvalue weighted by Gasteiger charge is -2.25. The van der Waals surface area contributed by atoms with E-state index < -0.39 is 12.0 Å². The number of nitrogens with zero attached hydrogens (tertiary/aromatic N) is 3. The van der Waals surface area contributed by atoms with Crippen LogP contribution < -0.4 is 10.6 Å². The Kier molecular flexibility index (Phi) is 4.97. The summed E-state index contributed by atoms with van der Waals surface area (Å²) in [6.07, 6.45) is -3.64. The molecule has 1 aromatic rings. The van der Waals surface area contributed by atoms with E-state index in [2.05, 4.69) is 9.97 Å². The van der Waals surface area contributed by atoms with Crippen LogP contribution in [-0.2, 0) is 6.18 Å². The van der Waals surface area contributed by atoms with Crippen LogP contribution >= 0.6 is 0 Å². The monoisotopic (exact) mass is 276 g/mol. The van der Waals surface area contributed by atoms with E-state index in [1.165, 1.54) is 6.07 Å². The minimum absolute atomic E-state index is 0.167. The molecule has 0 aromatic carbocycles. The molecule has 0 amide bonds. The Morgan fingerprint density at radius 2 is 1.95 bits per heavy atom. The summed E-state index contributed by atoms with van der Waals surface area (Å²) in [6, 6.07) is 1.38. The number of aromatic nitrogens is 2. The van der Waals surface area contributed by atoms with E-state index in [0.29, 0.717) is 19.0 Å². The predicted molar refractivity (Wildman–Crippen MR) is 68.8 cm³/mol. The van der Waals surface area contributed by atoms with Crippen LogP contribution in [0.5, 0.6) is 0 Å². The highest BCUT2D eigenvalue weighted by Gasteiger charge is 2.35. The number of halogens is 3. The quantitative estimate of drug-likeness (QED) is 0.898. The van der Waals surface area contributed by atoms with Gasteiger partial charge < -0.3 is 10.6 Å². The fourth-order valence-electron chi connectivity index (χ4n) is 1.63. The van der Waals surface area contributed by atoms with Crippen molar-refractivity contribution in [3.63, 3.8) is 0 Å². The molecule has 19 heavy (non-hydrogen) atoms. The minimum Gasteiger partial charge on any atom is -0.384 e. The van der Waals surface area contributed by atoms with E-state index >= 15 is 0 Å². The first-order valence-corrected chi connectivity index (χ1v) is 6.24. The number of hydrogen-bond donors (Lipinski definition) is 1. The molecule has 108 valence electrons. The molecule has 0 radical (unpaired) electrons. The van der Waals surface area contributed by atoms with E-state index in [9.17, 15) is 13.2 Å². The number of nitrogens with two attached hydrogens (primary N) is 1. The molecule has 0 fully saturated rings. The fraction of sp³-hybridized carbons (Fsp3) is 0.667. The molecule has 0 saturated carbocycles. The van der Waals surface area contributed by atoms with Gasteiger partial charge in [-0.25, -0.2) is 9.97 Å². The molecule has 2 N–H and O–H groups in total. The van der Waals surface area contributed by atoms with Gasteiger partial charge in [0.25, 0.3) is 0 Å².